The van der Waals surface area contributed by atoms with Crippen molar-refractivity contribution in [1.29, 1.82) is 0 Å². The number of carbonyl (C=O) groups excluding carboxylic acids is 3. The van der Waals surface area contributed by atoms with Crippen LogP contribution in [0.5, 0.6) is 0 Å². The molecule has 1 spiro atoms. The summed E-state index contributed by atoms with van der Waals surface area (Å²) in [4.78, 5) is 40.6. The zero-order valence-corrected chi connectivity index (χ0v) is 14.9. The third kappa shape index (κ3) is 3.26. The highest BCUT2D eigenvalue weighted by atomic mass is 32.2. The standard InChI is InChI=1S/C16H25N3O4S/c1-2-23-13(20)12-10-24-9-8-18(12)11-19-14(21)16(17-15(19)22)6-4-3-5-7-16/h12H,2-11H2,1H3,(H,17,22)/t12-/m0/s1. The molecule has 1 atom stereocenters. The number of nitrogens with one attached hydrogen (secondary N) is 1. The number of imide groups is 1. The molecule has 2 aliphatic heterocycles. The van der Waals surface area contributed by atoms with Gasteiger partial charge in [-0.2, -0.15) is 11.8 Å². The highest BCUT2D eigenvalue weighted by molar-refractivity contribution is 7.99. The second kappa shape index (κ2) is 7.31. The molecular formula is C16H25N3O4S. The van der Waals surface area contributed by atoms with Crippen molar-refractivity contribution >= 4 is 29.7 Å². The largest absolute Gasteiger partial charge is 0.465 e. The molecule has 2 heterocycles. The number of urea groups is 1. The van der Waals surface area contributed by atoms with E-state index in [1.165, 1.54) is 4.90 Å². The predicted octanol–water partition coefficient (Wildman–Crippen LogP) is 1.18. The van der Waals surface area contributed by atoms with Crippen LogP contribution in [0, 0.1) is 0 Å². The van der Waals surface area contributed by atoms with Gasteiger partial charge in [0.15, 0.2) is 0 Å². The fourth-order valence-corrected chi connectivity index (χ4v) is 4.84. The number of thioether (sulfide) groups is 1. The van der Waals surface area contributed by atoms with Crippen LogP contribution in [0.1, 0.15) is 39.0 Å². The van der Waals surface area contributed by atoms with Crippen LogP contribution in [0.15, 0.2) is 0 Å². The van der Waals surface area contributed by atoms with Gasteiger partial charge < -0.3 is 10.1 Å². The number of amides is 3. The molecule has 8 heteroatoms. The average molecular weight is 355 g/mol. The van der Waals surface area contributed by atoms with E-state index in [0.29, 0.717) is 31.7 Å². The first-order chi connectivity index (χ1) is 11.6. The fraction of sp³-hybridized carbons (Fsp3) is 0.812. The molecule has 1 N–H and O–H groups in total. The number of hydrogen-bond donors (Lipinski definition) is 1. The summed E-state index contributed by atoms with van der Waals surface area (Å²) in [6.07, 6.45) is 4.47. The highest BCUT2D eigenvalue weighted by Gasteiger charge is 2.52. The molecule has 0 aromatic rings. The first-order valence-corrected chi connectivity index (χ1v) is 9.85. The zero-order valence-electron chi connectivity index (χ0n) is 14.1. The van der Waals surface area contributed by atoms with Gasteiger partial charge in [0.05, 0.1) is 13.3 Å². The molecule has 24 heavy (non-hydrogen) atoms. The highest BCUT2D eigenvalue weighted by Crippen LogP contribution is 2.34. The molecule has 0 aromatic heterocycles. The van der Waals surface area contributed by atoms with Gasteiger partial charge in [0.1, 0.15) is 11.6 Å². The maximum absolute atomic E-state index is 12.9. The van der Waals surface area contributed by atoms with Crippen molar-refractivity contribution in [3.8, 4) is 0 Å². The maximum Gasteiger partial charge on any atom is 0.326 e. The Morgan fingerprint density at radius 2 is 2.08 bits per heavy atom. The van der Waals surface area contributed by atoms with Gasteiger partial charge in [-0.1, -0.05) is 19.3 Å². The molecule has 3 rings (SSSR count). The van der Waals surface area contributed by atoms with E-state index in [4.69, 9.17) is 4.74 Å². The molecule has 3 fully saturated rings. The number of hydrogen-bond acceptors (Lipinski definition) is 6. The van der Waals surface area contributed by atoms with Gasteiger partial charge in [-0.05, 0) is 19.8 Å². The molecule has 0 bridgehead atoms. The third-order valence-electron chi connectivity index (χ3n) is 5.07. The Morgan fingerprint density at radius 3 is 2.79 bits per heavy atom. The summed E-state index contributed by atoms with van der Waals surface area (Å²) in [5.41, 5.74) is -0.709. The van der Waals surface area contributed by atoms with E-state index in [9.17, 15) is 14.4 Å². The van der Waals surface area contributed by atoms with Gasteiger partial charge in [0.25, 0.3) is 5.91 Å². The monoisotopic (exact) mass is 355 g/mol. The van der Waals surface area contributed by atoms with E-state index >= 15 is 0 Å². The van der Waals surface area contributed by atoms with Crippen LogP contribution in [0.25, 0.3) is 0 Å². The summed E-state index contributed by atoms with van der Waals surface area (Å²) < 4.78 is 5.14. The Bertz CT molecular complexity index is 521. The number of esters is 1. The third-order valence-corrected chi connectivity index (χ3v) is 6.10. The summed E-state index contributed by atoms with van der Waals surface area (Å²) in [5.74, 6) is 1.11. The summed E-state index contributed by atoms with van der Waals surface area (Å²) in [6, 6.07) is -0.727. The summed E-state index contributed by atoms with van der Waals surface area (Å²) in [7, 11) is 0. The minimum Gasteiger partial charge on any atom is -0.465 e. The number of nitrogens with zero attached hydrogens (tertiary/aromatic N) is 2. The molecule has 1 aliphatic carbocycles. The quantitative estimate of drug-likeness (QED) is 0.603. The first-order valence-electron chi connectivity index (χ1n) is 8.70. The molecule has 134 valence electrons. The average Bonchev–Trinajstić information content (AvgIpc) is 2.80. The molecule has 0 aromatic carbocycles. The SMILES string of the molecule is CCOC(=O)[C@@H]1CSCCN1CN1C(=O)NC2(CCCCC2)C1=O. The Hall–Kier alpha value is -1.28. The van der Waals surface area contributed by atoms with E-state index < -0.39 is 11.6 Å². The van der Waals surface area contributed by atoms with E-state index in [1.807, 2.05) is 4.90 Å². The van der Waals surface area contributed by atoms with Crippen LogP contribution < -0.4 is 5.32 Å². The Balaban J connectivity index is 1.70. The van der Waals surface area contributed by atoms with Crippen LogP contribution in [0.3, 0.4) is 0 Å². The molecule has 1 saturated carbocycles. The number of rotatable bonds is 4. The van der Waals surface area contributed by atoms with Crippen LogP contribution in [0.4, 0.5) is 4.79 Å². The van der Waals surface area contributed by atoms with Crippen molar-refractivity contribution in [2.45, 2.75) is 50.6 Å². The van der Waals surface area contributed by atoms with Gasteiger partial charge in [0.2, 0.25) is 0 Å². The maximum atomic E-state index is 12.9. The Morgan fingerprint density at radius 1 is 1.33 bits per heavy atom. The minimum absolute atomic E-state index is 0.131. The predicted molar refractivity (Wildman–Crippen MR) is 90.5 cm³/mol. The molecule has 7 nitrogen and oxygen atoms in total. The zero-order chi connectivity index (χ0) is 17.2. The summed E-state index contributed by atoms with van der Waals surface area (Å²) >= 11 is 1.70. The Labute approximate surface area is 146 Å². The van der Waals surface area contributed by atoms with Crippen LogP contribution >= 0.6 is 11.8 Å². The molecule has 0 unspecified atom stereocenters. The lowest BCUT2D eigenvalue weighted by atomic mass is 9.82. The van der Waals surface area contributed by atoms with Crippen molar-refractivity contribution < 1.29 is 19.1 Å². The van der Waals surface area contributed by atoms with Crippen molar-refractivity contribution in [2.24, 2.45) is 0 Å². The van der Waals surface area contributed by atoms with E-state index in [1.54, 1.807) is 18.7 Å². The van der Waals surface area contributed by atoms with Gasteiger partial charge in [-0.3, -0.25) is 14.5 Å². The van der Waals surface area contributed by atoms with E-state index in [2.05, 4.69) is 5.32 Å². The summed E-state index contributed by atoms with van der Waals surface area (Å²) in [6.45, 7) is 2.94. The topological polar surface area (TPSA) is 79.0 Å². The van der Waals surface area contributed by atoms with E-state index in [0.717, 1.165) is 25.0 Å². The molecule has 2 saturated heterocycles. The van der Waals surface area contributed by atoms with Gasteiger partial charge in [-0.25, -0.2) is 9.69 Å². The second-order valence-corrected chi connectivity index (χ2v) is 7.75. The lowest BCUT2D eigenvalue weighted by Gasteiger charge is -2.36. The first kappa shape index (κ1) is 17.5. The fourth-order valence-electron chi connectivity index (χ4n) is 3.74. The van der Waals surface area contributed by atoms with Crippen molar-refractivity contribution in [3.05, 3.63) is 0 Å². The van der Waals surface area contributed by atoms with Gasteiger partial charge in [-0.15, -0.1) is 0 Å². The van der Waals surface area contributed by atoms with Crippen molar-refractivity contribution in [3.63, 3.8) is 0 Å². The lowest BCUT2D eigenvalue weighted by Crippen LogP contribution is -2.54. The molecular weight excluding hydrogens is 330 g/mol. The number of ether oxygens (including phenoxy) is 1. The van der Waals surface area contributed by atoms with Crippen molar-refractivity contribution in [2.75, 3.05) is 31.3 Å². The minimum atomic E-state index is -0.709. The van der Waals surface area contributed by atoms with Gasteiger partial charge in [0, 0.05) is 18.1 Å². The molecule has 3 aliphatic rings. The molecule has 3 amide bonds. The van der Waals surface area contributed by atoms with E-state index in [-0.39, 0.29) is 24.6 Å². The lowest BCUT2D eigenvalue weighted by molar-refractivity contribution is -0.150. The normalized spacial score (nSPS) is 27.4. The smallest absolute Gasteiger partial charge is 0.326 e. The van der Waals surface area contributed by atoms with Crippen molar-refractivity contribution in [1.82, 2.24) is 15.1 Å². The van der Waals surface area contributed by atoms with Gasteiger partial charge >= 0.3 is 12.0 Å². The second-order valence-electron chi connectivity index (χ2n) is 6.60. The van der Waals surface area contributed by atoms with Crippen LogP contribution in [-0.2, 0) is 14.3 Å². The molecule has 0 radical (unpaired) electrons. The summed E-state index contributed by atoms with van der Waals surface area (Å²) in [5, 5.41) is 2.92. The van der Waals surface area contributed by atoms with Crippen LogP contribution in [0.2, 0.25) is 0 Å². The Kier molecular flexibility index (Phi) is 5.34. The number of carbonyl (C=O) groups is 3. The van der Waals surface area contributed by atoms with Crippen LogP contribution in [-0.4, -0.2) is 70.6 Å².